The number of rotatable bonds is 4. The summed E-state index contributed by atoms with van der Waals surface area (Å²) in [5, 5.41) is 8.59. The third-order valence-corrected chi connectivity index (χ3v) is 5.12. The summed E-state index contributed by atoms with van der Waals surface area (Å²) in [7, 11) is -3.39. The van der Waals surface area contributed by atoms with Gasteiger partial charge >= 0.3 is 0 Å². The second-order valence-corrected chi connectivity index (χ2v) is 6.60. The van der Waals surface area contributed by atoms with Crippen molar-refractivity contribution < 1.29 is 8.42 Å². The Morgan fingerprint density at radius 3 is 2.80 bits per heavy atom. The highest BCUT2D eigenvalue weighted by molar-refractivity contribution is 7.91. The van der Waals surface area contributed by atoms with Crippen molar-refractivity contribution in [3.8, 4) is 6.07 Å². The van der Waals surface area contributed by atoms with Gasteiger partial charge in [0.25, 0.3) is 0 Å². The van der Waals surface area contributed by atoms with Gasteiger partial charge in [-0.25, -0.2) is 13.1 Å². The van der Waals surface area contributed by atoms with Gasteiger partial charge < -0.3 is 0 Å². The number of nitrogens with one attached hydrogen (secondary N) is 1. The van der Waals surface area contributed by atoms with Gasteiger partial charge in [-0.3, -0.25) is 0 Å². The number of thiophene rings is 1. The molecule has 0 spiro atoms. The average Bonchev–Trinajstić information content (AvgIpc) is 2.90. The highest BCUT2D eigenvalue weighted by Crippen LogP contribution is 2.28. The molecule has 1 aromatic heterocycles. The summed E-state index contributed by atoms with van der Waals surface area (Å²) in [5.74, 6) is 0.509. The van der Waals surface area contributed by atoms with E-state index in [0.29, 0.717) is 17.3 Å². The first-order chi connectivity index (χ1) is 7.12. The Kier molecular flexibility index (Phi) is 2.78. The molecule has 0 atom stereocenters. The SMILES string of the molecule is N#Cc1ccc(S(=O)(=O)NCC2CC2)s1. The van der Waals surface area contributed by atoms with Gasteiger partial charge in [-0.15, -0.1) is 11.3 Å². The molecule has 1 aliphatic carbocycles. The van der Waals surface area contributed by atoms with Crippen LogP contribution in [0.4, 0.5) is 0 Å². The van der Waals surface area contributed by atoms with E-state index in [1.807, 2.05) is 6.07 Å². The molecule has 0 saturated heterocycles. The van der Waals surface area contributed by atoms with Gasteiger partial charge in [0.1, 0.15) is 15.2 Å². The second-order valence-electron chi connectivity index (χ2n) is 3.53. The van der Waals surface area contributed by atoms with Gasteiger partial charge in [-0.1, -0.05) is 0 Å². The molecule has 0 bridgehead atoms. The van der Waals surface area contributed by atoms with Gasteiger partial charge in [0, 0.05) is 6.54 Å². The molecule has 1 aromatic rings. The molecule has 1 saturated carbocycles. The molecule has 1 fully saturated rings. The van der Waals surface area contributed by atoms with Crippen LogP contribution >= 0.6 is 11.3 Å². The van der Waals surface area contributed by atoms with E-state index < -0.39 is 10.0 Å². The molecular formula is C9H10N2O2S2. The summed E-state index contributed by atoms with van der Waals surface area (Å²) in [5.41, 5.74) is 0. The van der Waals surface area contributed by atoms with E-state index in [2.05, 4.69) is 4.72 Å². The molecule has 80 valence electrons. The fourth-order valence-electron chi connectivity index (χ4n) is 1.15. The summed E-state index contributed by atoms with van der Waals surface area (Å²) >= 11 is 1.00. The third kappa shape index (κ3) is 2.56. The van der Waals surface area contributed by atoms with E-state index in [1.54, 1.807) is 0 Å². The molecule has 4 nitrogen and oxygen atoms in total. The summed E-state index contributed by atoms with van der Waals surface area (Å²) in [6, 6.07) is 4.92. The summed E-state index contributed by atoms with van der Waals surface area (Å²) < 4.78 is 26.1. The highest BCUT2D eigenvalue weighted by atomic mass is 32.2. The van der Waals surface area contributed by atoms with Crippen LogP contribution in [0.2, 0.25) is 0 Å². The minimum Gasteiger partial charge on any atom is -0.210 e. The quantitative estimate of drug-likeness (QED) is 0.865. The summed E-state index contributed by atoms with van der Waals surface area (Å²) in [6.07, 6.45) is 2.22. The first-order valence-electron chi connectivity index (χ1n) is 4.61. The van der Waals surface area contributed by atoms with Gasteiger partial charge in [0.2, 0.25) is 10.0 Å². The Morgan fingerprint density at radius 2 is 2.27 bits per heavy atom. The number of nitrogens with zero attached hydrogens (tertiary/aromatic N) is 1. The standard InChI is InChI=1S/C9H10N2O2S2/c10-5-8-3-4-9(14-8)15(12,13)11-6-7-1-2-7/h3-4,7,11H,1-2,6H2. The molecule has 0 unspecified atom stereocenters. The Morgan fingerprint density at radius 1 is 1.53 bits per heavy atom. The number of hydrogen-bond donors (Lipinski definition) is 1. The second kappa shape index (κ2) is 3.93. The van der Waals surface area contributed by atoms with E-state index in [9.17, 15) is 8.42 Å². The van der Waals surface area contributed by atoms with Crippen LogP contribution in [-0.4, -0.2) is 15.0 Å². The lowest BCUT2D eigenvalue weighted by Gasteiger charge is -2.02. The van der Waals surface area contributed by atoms with Crippen molar-refractivity contribution >= 4 is 21.4 Å². The van der Waals surface area contributed by atoms with Crippen LogP contribution in [0.1, 0.15) is 17.7 Å². The molecule has 2 rings (SSSR count). The summed E-state index contributed by atoms with van der Waals surface area (Å²) in [6.45, 7) is 0.516. The van der Waals surface area contributed by atoms with Crippen molar-refractivity contribution in [3.05, 3.63) is 17.0 Å². The van der Waals surface area contributed by atoms with Gasteiger partial charge in [0.05, 0.1) is 0 Å². The van der Waals surface area contributed by atoms with E-state index in [0.717, 1.165) is 24.2 Å². The van der Waals surface area contributed by atoms with Gasteiger partial charge in [0.15, 0.2) is 0 Å². The van der Waals surface area contributed by atoms with Crippen LogP contribution in [0.25, 0.3) is 0 Å². The van der Waals surface area contributed by atoms with Crippen LogP contribution in [-0.2, 0) is 10.0 Å². The van der Waals surface area contributed by atoms with Crippen molar-refractivity contribution in [3.63, 3.8) is 0 Å². The lowest BCUT2D eigenvalue weighted by molar-refractivity contribution is 0.579. The smallest absolute Gasteiger partial charge is 0.210 e. The first kappa shape index (κ1) is 10.6. The van der Waals surface area contributed by atoms with E-state index >= 15 is 0 Å². The van der Waals surface area contributed by atoms with Crippen molar-refractivity contribution in [1.29, 1.82) is 5.26 Å². The molecule has 0 aromatic carbocycles. The zero-order chi connectivity index (χ0) is 10.9. The maximum Gasteiger partial charge on any atom is 0.250 e. The minimum absolute atomic E-state index is 0.222. The Hall–Kier alpha value is -0.900. The van der Waals surface area contributed by atoms with Crippen LogP contribution in [0.3, 0.4) is 0 Å². The topological polar surface area (TPSA) is 70.0 Å². The molecule has 1 N–H and O–H groups in total. The Bertz CT molecular complexity index is 494. The predicted molar refractivity (Wildman–Crippen MR) is 56.9 cm³/mol. The highest BCUT2D eigenvalue weighted by Gasteiger charge is 2.24. The average molecular weight is 242 g/mol. The molecule has 0 amide bonds. The van der Waals surface area contributed by atoms with E-state index in [4.69, 9.17) is 5.26 Å². The number of nitriles is 1. The van der Waals surface area contributed by atoms with Crippen molar-refractivity contribution in [1.82, 2.24) is 4.72 Å². The van der Waals surface area contributed by atoms with Crippen molar-refractivity contribution in [2.45, 2.75) is 17.1 Å². The number of sulfonamides is 1. The van der Waals surface area contributed by atoms with Crippen LogP contribution in [0, 0.1) is 17.2 Å². The Balaban J connectivity index is 2.10. The van der Waals surface area contributed by atoms with Crippen molar-refractivity contribution in [2.75, 3.05) is 6.54 Å². The maximum absolute atomic E-state index is 11.7. The molecule has 0 aliphatic heterocycles. The fourth-order valence-corrected chi connectivity index (χ4v) is 3.41. The predicted octanol–water partition coefficient (Wildman–Crippen LogP) is 1.31. The monoisotopic (exact) mass is 242 g/mol. The largest absolute Gasteiger partial charge is 0.250 e. The molecule has 15 heavy (non-hydrogen) atoms. The molecular weight excluding hydrogens is 232 g/mol. The molecule has 1 aliphatic rings. The number of hydrogen-bond acceptors (Lipinski definition) is 4. The fraction of sp³-hybridized carbons (Fsp3) is 0.444. The van der Waals surface area contributed by atoms with Crippen LogP contribution < -0.4 is 4.72 Å². The molecule has 0 radical (unpaired) electrons. The minimum atomic E-state index is -3.39. The first-order valence-corrected chi connectivity index (χ1v) is 6.91. The normalized spacial score (nSPS) is 16.2. The van der Waals surface area contributed by atoms with E-state index in [-0.39, 0.29) is 4.21 Å². The Labute approximate surface area is 92.6 Å². The maximum atomic E-state index is 11.7. The van der Waals surface area contributed by atoms with Crippen LogP contribution in [0.5, 0.6) is 0 Å². The molecule has 1 heterocycles. The lowest BCUT2D eigenvalue weighted by Crippen LogP contribution is -2.24. The van der Waals surface area contributed by atoms with Gasteiger partial charge in [-0.05, 0) is 30.9 Å². The summed E-state index contributed by atoms with van der Waals surface area (Å²) in [4.78, 5) is 0.418. The van der Waals surface area contributed by atoms with E-state index in [1.165, 1.54) is 12.1 Å². The molecule has 6 heteroatoms. The third-order valence-electron chi connectivity index (χ3n) is 2.22. The van der Waals surface area contributed by atoms with Crippen molar-refractivity contribution in [2.24, 2.45) is 5.92 Å². The zero-order valence-corrected chi connectivity index (χ0v) is 9.57. The van der Waals surface area contributed by atoms with Gasteiger partial charge in [-0.2, -0.15) is 5.26 Å². The zero-order valence-electron chi connectivity index (χ0n) is 7.93. The lowest BCUT2D eigenvalue weighted by atomic mass is 10.4. The van der Waals surface area contributed by atoms with Crippen LogP contribution in [0.15, 0.2) is 16.3 Å².